The van der Waals surface area contributed by atoms with E-state index in [1.807, 2.05) is 30.3 Å². The number of fused-ring (bicyclic) bond motifs is 1. The van der Waals surface area contributed by atoms with E-state index in [0.717, 1.165) is 5.69 Å². The number of aliphatic hydroxyl groups is 2. The van der Waals surface area contributed by atoms with Crippen molar-refractivity contribution in [3.8, 4) is 5.75 Å². The molecule has 1 fully saturated rings. The van der Waals surface area contributed by atoms with Crippen molar-refractivity contribution in [2.75, 3.05) is 22.2 Å². The van der Waals surface area contributed by atoms with Gasteiger partial charge in [-0.3, -0.25) is 9.80 Å². The maximum absolute atomic E-state index is 15.0. The van der Waals surface area contributed by atoms with Crippen LogP contribution in [0, 0.1) is 5.82 Å². The number of amides is 2. The number of benzene rings is 2. The molecule has 2 amide bonds. The number of carbonyl (C=O) groups is 1. The number of aromatic nitrogens is 2. The second-order valence-corrected chi connectivity index (χ2v) is 8.76. The van der Waals surface area contributed by atoms with Crippen LogP contribution < -0.4 is 19.9 Å². The molecule has 35 heavy (non-hydrogen) atoms. The van der Waals surface area contributed by atoms with Gasteiger partial charge in [-0.05, 0) is 43.5 Å². The summed E-state index contributed by atoms with van der Waals surface area (Å²) in [4.78, 5) is 25.6. The van der Waals surface area contributed by atoms with Gasteiger partial charge in [0.1, 0.15) is 11.6 Å². The fourth-order valence-electron chi connectivity index (χ4n) is 4.68. The summed E-state index contributed by atoms with van der Waals surface area (Å²) in [5.41, 5.74) is 1.49. The van der Waals surface area contributed by atoms with Gasteiger partial charge in [0.15, 0.2) is 5.82 Å². The van der Waals surface area contributed by atoms with E-state index in [2.05, 4.69) is 15.3 Å². The Balaban J connectivity index is 1.55. The number of aliphatic hydroxyl groups excluding tert-OH is 2. The number of methoxy groups -OCH3 is 1. The first-order chi connectivity index (χ1) is 16.9. The number of hydrogen-bond acceptors (Lipinski definition) is 7. The lowest BCUT2D eigenvalue weighted by Gasteiger charge is -2.43. The molecule has 3 aromatic rings. The highest BCUT2D eigenvalue weighted by Gasteiger charge is 2.41. The van der Waals surface area contributed by atoms with Crippen LogP contribution in [0.4, 0.5) is 32.3 Å². The third-order valence-corrected chi connectivity index (χ3v) is 6.31. The van der Waals surface area contributed by atoms with Crippen molar-refractivity contribution in [2.24, 2.45) is 0 Å². The van der Waals surface area contributed by atoms with Crippen molar-refractivity contribution in [1.29, 1.82) is 0 Å². The van der Waals surface area contributed by atoms with Crippen LogP contribution in [0.5, 0.6) is 5.75 Å². The van der Waals surface area contributed by atoms with Crippen molar-refractivity contribution < 1.29 is 24.1 Å². The SMILES string of the molecule is COc1ccc(N2Cc3cnc(Nc4ccccc4)nc3N(C3CC(O)CC(O)C3)C2=O)c(F)c1. The number of rotatable bonds is 5. The van der Waals surface area contributed by atoms with Crippen molar-refractivity contribution in [2.45, 2.75) is 44.1 Å². The zero-order valence-electron chi connectivity index (χ0n) is 19.1. The number of halogens is 1. The highest BCUT2D eigenvalue weighted by Crippen LogP contribution is 2.37. The Morgan fingerprint density at radius 3 is 2.51 bits per heavy atom. The maximum atomic E-state index is 15.0. The van der Waals surface area contributed by atoms with Gasteiger partial charge in [-0.2, -0.15) is 4.98 Å². The van der Waals surface area contributed by atoms with Crippen molar-refractivity contribution in [3.05, 3.63) is 66.1 Å². The second kappa shape index (κ2) is 9.47. The average Bonchev–Trinajstić information content (AvgIpc) is 2.84. The highest BCUT2D eigenvalue weighted by molar-refractivity contribution is 6.06. The fraction of sp³-hybridized carbons (Fsp3) is 0.320. The molecular formula is C25H26FN5O4. The standard InChI is InChI=1S/C25H26FN5O4/c1-35-20-7-8-22(21(26)12-20)30-14-15-13-27-24(28-16-5-3-2-4-6-16)29-23(15)31(25(30)34)17-9-18(32)11-19(33)10-17/h2-8,12-13,17-19,32-33H,9-11,14H2,1H3,(H,27,28,29). The van der Waals surface area contributed by atoms with Crippen LogP contribution in [0.2, 0.25) is 0 Å². The number of ether oxygens (including phenoxy) is 1. The van der Waals surface area contributed by atoms with E-state index < -0.39 is 30.1 Å². The van der Waals surface area contributed by atoms with E-state index in [9.17, 15) is 19.4 Å². The van der Waals surface area contributed by atoms with Gasteiger partial charge in [0.2, 0.25) is 5.95 Å². The maximum Gasteiger partial charge on any atom is 0.330 e. The number of anilines is 4. The minimum Gasteiger partial charge on any atom is -0.497 e. The number of nitrogens with one attached hydrogen (secondary N) is 1. The van der Waals surface area contributed by atoms with Gasteiger partial charge in [-0.1, -0.05) is 18.2 Å². The van der Waals surface area contributed by atoms with Crippen LogP contribution >= 0.6 is 0 Å². The van der Waals surface area contributed by atoms with Gasteiger partial charge in [0.05, 0.1) is 31.5 Å². The van der Waals surface area contributed by atoms with E-state index in [0.29, 0.717) is 23.1 Å². The summed E-state index contributed by atoms with van der Waals surface area (Å²) < 4.78 is 20.0. The van der Waals surface area contributed by atoms with Crippen LogP contribution in [-0.4, -0.2) is 51.6 Å². The molecule has 1 aliphatic carbocycles. The number of para-hydroxylation sites is 1. The van der Waals surface area contributed by atoms with Gasteiger partial charge < -0.3 is 20.3 Å². The van der Waals surface area contributed by atoms with Gasteiger partial charge in [0, 0.05) is 29.6 Å². The molecule has 9 nitrogen and oxygen atoms in total. The Kier molecular flexibility index (Phi) is 6.23. The molecule has 0 saturated heterocycles. The Bertz CT molecular complexity index is 1220. The average molecular weight is 480 g/mol. The largest absolute Gasteiger partial charge is 0.497 e. The molecule has 2 aliphatic rings. The fourth-order valence-corrected chi connectivity index (χ4v) is 4.68. The Morgan fingerprint density at radius 1 is 1.09 bits per heavy atom. The van der Waals surface area contributed by atoms with Crippen LogP contribution in [0.25, 0.3) is 0 Å². The minimum absolute atomic E-state index is 0.0668. The lowest BCUT2D eigenvalue weighted by molar-refractivity contribution is 0.0314. The number of nitrogens with zero attached hydrogens (tertiary/aromatic N) is 4. The van der Waals surface area contributed by atoms with Crippen LogP contribution in [0.15, 0.2) is 54.7 Å². The quantitative estimate of drug-likeness (QED) is 0.513. The predicted octanol–water partition coefficient (Wildman–Crippen LogP) is 3.59. The summed E-state index contributed by atoms with van der Waals surface area (Å²) in [6.07, 6.45) is 0.858. The molecule has 5 rings (SSSR count). The molecule has 2 heterocycles. The predicted molar refractivity (Wildman–Crippen MR) is 128 cm³/mol. The molecule has 1 aliphatic heterocycles. The number of carbonyl (C=O) groups excluding carboxylic acids is 1. The second-order valence-electron chi connectivity index (χ2n) is 8.76. The molecule has 0 spiro atoms. The lowest BCUT2D eigenvalue weighted by atomic mass is 9.89. The normalized spacial score (nSPS) is 22.1. The first-order valence-corrected chi connectivity index (χ1v) is 11.4. The molecule has 182 valence electrons. The third-order valence-electron chi connectivity index (χ3n) is 6.31. The lowest BCUT2D eigenvalue weighted by Crippen LogP contribution is -2.55. The summed E-state index contributed by atoms with van der Waals surface area (Å²) in [6.45, 7) is 0.0668. The molecule has 10 heteroatoms. The van der Waals surface area contributed by atoms with E-state index in [4.69, 9.17) is 4.74 Å². The van der Waals surface area contributed by atoms with Crippen molar-refractivity contribution in [1.82, 2.24) is 9.97 Å². The molecule has 1 aromatic heterocycles. The molecule has 2 atom stereocenters. The summed E-state index contributed by atoms with van der Waals surface area (Å²) in [6, 6.07) is 12.7. The van der Waals surface area contributed by atoms with Gasteiger partial charge >= 0.3 is 6.03 Å². The Labute approximate surface area is 201 Å². The molecule has 3 N–H and O–H groups in total. The van der Waals surface area contributed by atoms with E-state index in [-0.39, 0.29) is 31.5 Å². The first-order valence-electron chi connectivity index (χ1n) is 11.4. The van der Waals surface area contributed by atoms with E-state index in [1.165, 1.54) is 29.0 Å². The topological polar surface area (TPSA) is 111 Å². The molecule has 2 aromatic carbocycles. The van der Waals surface area contributed by atoms with Crippen LogP contribution in [0.1, 0.15) is 24.8 Å². The molecule has 2 unspecified atom stereocenters. The summed E-state index contributed by atoms with van der Waals surface area (Å²) >= 11 is 0. The smallest absolute Gasteiger partial charge is 0.330 e. The van der Waals surface area contributed by atoms with E-state index in [1.54, 1.807) is 12.3 Å². The molecular weight excluding hydrogens is 453 g/mol. The summed E-state index contributed by atoms with van der Waals surface area (Å²) in [5, 5.41) is 23.8. The first kappa shape index (κ1) is 23.0. The zero-order valence-corrected chi connectivity index (χ0v) is 19.1. The number of urea groups is 1. The molecule has 1 saturated carbocycles. The van der Waals surface area contributed by atoms with Gasteiger partial charge in [-0.15, -0.1) is 0 Å². The van der Waals surface area contributed by atoms with Crippen molar-refractivity contribution in [3.63, 3.8) is 0 Å². The van der Waals surface area contributed by atoms with Crippen LogP contribution in [0.3, 0.4) is 0 Å². The third kappa shape index (κ3) is 4.62. The van der Waals surface area contributed by atoms with E-state index >= 15 is 0 Å². The van der Waals surface area contributed by atoms with Crippen molar-refractivity contribution >= 4 is 29.2 Å². The zero-order chi connectivity index (χ0) is 24.5. The molecule has 0 bridgehead atoms. The summed E-state index contributed by atoms with van der Waals surface area (Å²) in [7, 11) is 1.44. The molecule has 0 radical (unpaired) electrons. The summed E-state index contributed by atoms with van der Waals surface area (Å²) in [5.74, 6) is 0.410. The minimum atomic E-state index is -0.767. The monoisotopic (exact) mass is 479 g/mol. The van der Waals surface area contributed by atoms with Crippen LogP contribution in [-0.2, 0) is 6.54 Å². The number of hydrogen-bond donors (Lipinski definition) is 3. The Morgan fingerprint density at radius 2 is 1.83 bits per heavy atom. The van der Waals surface area contributed by atoms with Gasteiger partial charge in [-0.25, -0.2) is 14.2 Å². The van der Waals surface area contributed by atoms with Gasteiger partial charge in [0.25, 0.3) is 0 Å². The Hall–Kier alpha value is -3.76. The highest BCUT2D eigenvalue weighted by atomic mass is 19.1.